The van der Waals surface area contributed by atoms with Gasteiger partial charge in [0.1, 0.15) is 12.4 Å². The molecule has 0 aliphatic rings. The normalized spacial score (nSPS) is 10.6. The van der Waals surface area contributed by atoms with E-state index < -0.39 is 5.97 Å². The number of hydrogen-bond donors (Lipinski definition) is 1. The maximum atomic E-state index is 10.7. The van der Waals surface area contributed by atoms with Crippen LogP contribution in [0.1, 0.15) is 29.8 Å². The van der Waals surface area contributed by atoms with Crippen LogP contribution in [0, 0.1) is 6.92 Å². The summed E-state index contributed by atoms with van der Waals surface area (Å²) < 4.78 is 10.9. The van der Waals surface area contributed by atoms with Crippen LogP contribution in [0.15, 0.2) is 18.2 Å². The minimum Gasteiger partial charge on any atom is -0.491 e. The monoisotopic (exact) mass is 238 g/mol. The fourth-order valence-electron chi connectivity index (χ4n) is 1.38. The Morgan fingerprint density at radius 2 is 2.06 bits per heavy atom. The van der Waals surface area contributed by atoms with E-state index in [1.165, 1.54) is 6.07 Å². The van der Waals surface area contributed by atoms with Crippen molar-refractivity contribution in [3.05, 3.63) is 29.3 Å². The zero-order valence-electron chi connectivity index (χ0n) is 10.4. The lowest BCUT2D eigenvalue weighted by Gasteiger charge is -2.11. The largest absolute Gasteiger partial charge is 0.491 e. The molecule has 1 aromatic carbocycles. The molecular weight excluding hydrogens is 220 g/mol. The van der Waals surface area contributed by atoms with E-state index in [1.54, 1.807) is 12.1 Å². The van der Waals surface area contributed by atoms with E-state index in [2.05, 4.69) is 0 Å². The molecule has 94 valence electrons. The average Bonchev–Trinajstić information content (AvgIpc) is 2.25. The average molecular weight is 238 g/mol. The Morgan fingerprint density at radius 1 is 1.35 bits per heavy atom. The van der Waals surface area contributed by atoms with E-state index in [0.29, 0.717) is 19.0 Å². The van der Waals surface area contributed by atoms with Crippen molar-refractivity contribution in [3.8, 4) is 5.75 Å². The highest BCUT2D eigenvalue weighted by Crippen LogP contribution is 2.19. The third-order valence-corrected chi connectivity index (χ3v) is 2.21. The molecule has 17 heavy (non-hydrogen) atoms. The summed E-state index contributed by atoms with van der Waals surface area (Å²) in [6.45, 7) is 6.74. The Hall–Kier alpha value is -1.55. The Kier molecular flexibility index (Phi) is 4.97. The summed E-state index contributed by atoms with van der Waals surface area (Å²) in [6.07, 6.45) is 0.189. The van der Waals surface area contributed by atoms with Crippen LogP contribution in [0.3, 0.4) is 0 Å². The Bertz CT molecular complexity index is 385. The van der Waals surface area contributed by atoms with Gasteiger partial charge >= 0.3 is 5.97 Å². The third-order valence-electron chi connectivity index (χ3n) is 2.21. The van der Waals surface area contributed by atoms with Gasteiger partial charge in [-0.2, -0.15) is 0 Å². The summed E-state index contributed by atoms with van der Waals surface area (Å²) in [5.41, 5.74) is 1.09. The van der Waals surface area contributed by atoms with E-state index in [9.17, 15) is 4.79 Å². The van der Waals surface area contributed by atoms with Crippen molar-refractivity contribution < 1.29 is 19.4 Å². The zero-order chi connectivity index (χ0) is 12.8. The highest BCUT2D eigenvalue weighted by Gasteiger charge is 2.06. The van der Waals surface area contributed by atoms with Crippen molar-refractivity contribution in [1.82, 2.24) is 0 Å². The van der Waals surface area contributed by atoms with Crippen LogP contribution in [0.25, 0.3) is 0 Å². The molecule has 0 aromatic heterocycles. The molecule has 4 nitrogen and oxygen atoms in total. The lowest BCUT2D eigenvalue weighted by Crippen LogP contribution is -2.11. The van der Waals surface area contributed by atoms with Crippen molar-refractivity contribution in [2.45, 2.75) is 26.9 Å². The number of rotatable bonds is 6. The van der Waals surface area contributed by atoms with Crippen LogP contribution >= 0.6 is 0 Å². The molecular formula is C13H18O4. The molecule has 0 saturated carbocycles. The minimum absolute atomic E-state index is 0.189. The van der Waals surface area contributed by atoms with Gasteiger partial charge in [-0.3, -0.25) is 0 Å². The van der Waals surface area contributed by atoms with E-state index in [1.807, 2.05) is 20.8 Å². The first-order valence-corrected chi connectivity index (χ1v) is 5.59. The topological polar surface area (TPSA) is 55.8 Å². The van der Waals surface area contributed by atoms with Crippen molar-refractivity contribution in [3.63, 3.8) is 0 Å². The first-order valence-electron chi connectivity index (χ1n) is 5.59. The number of carboxylic acid groups (broad SMARTS) is 1. The summed E-state index contributed by atoms with van der Waals surface area (Å²) in [4.78, 5) is 10.7. The van der Waals surface area contributed by atoms with Gasteiger partial charge in [0.25, 0.3) is 0 Å². The molecule has 0 aliphatic carbocycles. The highest BCUT2D eigenvalue weighted by molar-refractivity contribution is 5.88. The van der Waals surface area contributed by atoms with Gasteiger partial charge in [0.05, 0.1) is 18.3 Å². The van der Waals surface area contributed by atoms with Crippen molar-refractivity contribution >= 4 is 5.97 Å². The van der Waals surface area contributed by atoms with Crippen LogP contribution < -0.4 is 4.74 Å². The molecule has 0 amide bonds. The quantitative estimate of drug-likeness (QED) is 0.774. The molecule has 0 aliphatic heterocycles. The number of ether oxygens (including phenoxy) is 2. The van der Waals surface area contributed by atoms with E-state index in [-0.39, 0.29) is 11.7 Å². The molecule has 4 heteroatoms. The third kappa shape index (κ3) is 4.44. The van der Waals surface area contributed by atoms with E-state index in [0.717, 1.165) is 5.56 Å². The second-order valence-electron chi connectivity index (χ2n) is 4.05. The summed E-state index contributed by atoms with van der Waals surface area (Å²) in [5, 5.41) is 8.81. The summed E-state index contributed by atoms with van der Waals surface area (Å²) in [5.74, 6) is -0.231. The molecule has 1 rings (SSSR count). The summed E-state index contributed by atoms with van der Waals surface area (Å²) in [6, 6.07) is 4.81. The number of carbonyl (C=O) groups is 1. The van der Waals surface area contributed by atoms with Gasteiger partial charge in [0.2, 0.25) is 0 Å². The first kappa shape index (κ1) is 13.5. The van der Waals surface area contributed by atoms with Gasteiger partial charge < -0.3 is 14.6 Å². The van der Waals surface area contributed by atoms with Gasteiger partial charge in [-0.1, -0.05) is 0 Å². The molecule has 0 radical (unpaired) electrons. The lowest BCUT2D eigenvalue weighted by atomic mass is 10.1. The minimum atomic E-state index is -0.928. The maximum Gasteiger partial charge on any atom is 0.335 e. The predicted molar refractivity (Wildman–Crippen MR) is 64.7 cm³/mol. The first-order chi connectivity index (χ1) is 8.00. The zero-order valence-corrected chi connectivity index (χ0v) is 10.4. The van der Waals surface area contributed by atoms with Crippen LogP contribution in [-0.2, 0) is 4.74 Å². The number of benzene rings is 1. The number of hydrogen-bond acceptors (Lipinski definition) is 3. The van der Waals surface area contributed by atoms with Gasteiger partial charge in [0.15, 0.2) is 0 Å². The molecule has 0 bridgehead atoms. The van der Waals surface area contributed by atoms with Gasteiger partial charge in [-0.25, -0.2) is 4.79 Å². The second kappa shape index (κ2) is 6.25. The molecule has 1 N–H and O–H groups in total. The van der Waals surface area contributed by atoms with Gasteiger partial charge in [-0.05, 0) is 44.5 Å². The number of carboxylic acids is 1. The number of aryl methyl sites for hydroxylation is 1. The Labute approximate surface area is 101 Å². The summed E-state index contributed by atoms with van der Waals surface area (Å²) in [7, 11) is 0. The smallest absolute Gasteiger partial charge is 0.335 e. The summed E-state index contributed by atoms with van der Waals surface area (Å²) >= 11 is 0. The van der Waals surface area contributed by atoms with E-state index in [4.69, 9.17) is 14.6 Å². The molecule has 0 saturated heterocycles. The lowest BCUT2D eigenvalue weighted by molar-refractivity contribution is 0.0550. The standard InChI is InChI=1S/C13H18O4/c1-9(2)16-6-7-17-12-5-4-11(13(14)15)8-10(12)3/h4-5,8-9H,6-7H2,1-3H3,(H,14,15). The fourth-order valence-corrected chi connectivity index (χ4v) is 1.38. The van der Waals surface area contributed by atoms with Crippen LogP contribution in [0.4, 0.5) is 0 Å². The van der Waals surface area contributed by atoms with Crippen molar-refractivity contribution in [2.24, 2.45) is 0 Å². The predicted octanol–water partition coefficient (Wildman–Crippen LogP) is 2.50. The highest BCUT2D eigenvalue weighted by atomic mass is 16.5. The van der Waals surface area contributed by atoms with Crippen molar-refractivity contribution in [2.75, 3.05) is 13.2 Å². The van der Waals surface area contributed by atoms with Gasteiger partial charge in [0, 0.05) is 0 Å². The number of aromatic carboxylic acids is 1. The fraction of sp³-hybridized carbons (Fsp3) is 0.462. The molecule has 0 fully saturated rings. The Morgan fingerprint density at radius 3 is 2.59 bits per heavy atom. The van der Waals surface area contributed by atoms with Crippen LogP contribution in [-0.4, -0.2) is 30.4 Å². The van der Waals surface area contributed by atoms with E-state index >= 15 is 0 Å². The van der Waals surface area contributed by atoms with Crippen LogP contribution in [0.5, 0.6) is 5.75 Å². The van der Waals surface area contributed by atoms with Gasteiger partial charge in [-0.15, -0.1) is 0 Å². The molecule has 0 atom stereocenters. The SMILES string of the molecule is Cc1cc(C(=O)O)ccc1OCCOC(C)C. The van der Waals surface area contributed by atoms with Crippen LogP contribution in [0.2, 0.25) is 0 Å². The molecule has 0 heterocycles. The molecule has 0 unspecified atom stereocenters. The molecule has 0 spiro atoms. The second-order valence-corrected chi connectivity index (χ2v) is 4.05. The molecule has 1 aromatic rings. The Balaban J connectivity index is 2.52. The van der Waals surface area contributed by atoms with Crippen molar-refractivity contribution in [1.29, 1.82) is 0 Å². The maximum absolute atomic E-state index is 10.7.